The number of aromatic nitrogens is 5. The summed E-state index contributed by atoms with van der Waals surface area (Å²) in [5, 5.41) is 9.22. The van der Waals surface area contributed by atoms with E-state index in [1.54, 1.807) is 11.0 Å². The molecule has 3 aromatic rings. The molecule has 8 nitrogen and oxygen atoms in total. The minimum atomic E-state index is 0.167. The van der Waals surface area contributed by atoms with Gasteiger partial charge in [0.05, 0.1) is 30.0 Å². The minimum Gasteiger partial charge on any atom is -0.371 e. The van der Waals surface area contributed by atoms with Gasteiger partial charge in [0.15, 0.2) is 5.65 Å². The third-order valence-electron chi connectivity index (χ3n) is 4.60. The zero-order chi connectivity index (χ0) is 16.7. The molecule has 1 unspecified atom stereocenters. The molecule has 0 radical (unpaired) electrons. The van der Waals surface area contributed by atoms with E-state index in [1.807, 2.05) is 27.1 Å². The molecule has 0 bridgehead atoms. The third-order valence-corrected chi connectivity index (χ3v) is 4.60. The number of ether oxygens (including phenoxy) is 1. The maximum Gasteiger partial charge on any atom is 0.163 e. The molecule has 4 rings (SSSR count). The van der Waals surface area contributed by atoms with Crippen molar-refractivity contribution in [3.8, 4) is 0 Å². The fourth-order valence-electron chi connectivity index (χ4n) is 3.17. The van der Waals surface area contributed by atoms with E-state index >= 15 is 0 Å². The van der Waals surface area contributed by atoms with E-state index in [2.05, 4.69) is 25.1 Å². The highest BCUT2D eigenvalue weighted by molar-refractivity contribution is 5.86. The van der Waals surface area contributed by atoms with Crippen LogP contribution in [0.25, 0.3) is 11.0 Å². The Morgan fingerprint density at radius 2 is 2.21 bits per heavy atom. The predicted octanol–water partition coefficient (Wildman–Crippen LogP) is 1.76. The number of anilines is 1. The molecule has 0 amide bonds. The third kappa shape index (κ3) is 2.52. The zero-order valence-corrected chi connectivity index (χ0v) is 14.1. The summed E-state index contributed by atoms with van der Waals surface area (Å²) in [7, 11) is 1.89. The average molecular weight is 328 g/mol. The van der Waals surface area contributed by atoms with Gasteiger partial charge < -0.3 is 14.2 Å². The van der Waals surface area contributed by atoms with Gasteiger partial charge in [0, 0.05) is 25.7 Å². The highest BCUT2D eigenvalue weighted by Crippen LogP contribution is 2.27. The molecule has 3 aromatic heterocycles. The lowest BCUT2D eigenvalue weighted by molar-refractivity contribution is 0.0544. The molecule has 126 valence electrons. The van der Waals surface area contributed by atoms with Crippen molar-refractivity contribution in [2.24, 2.45) is 7.05 Å². The number of aryl methyl sites for hydroxylation is 3. The number of hydrogen-bond acceptors (Lipinski definition) is 7. The number of hydrogen-bond donors (Lipinski definition) is 0. The number of rotatable bonds is 4. The summed E-state index contributed by atoms with van der Waals surface area (Å²) in [6.07, 6.45) is 4.55. The highest BCUT2D eigenvalue weighted by atomic mass is 16.5. The van der Waals surface area contributed by atoms with Crippen LogP contribution in [0.2, 0.25) is 0 Å². The first-order chi connectivity index (χ1) is 11.6. The molecule has 1 aliphatic heterocycles. The van der Waals surface area contributed by atoms with Crippen LogP contribution in [-0.4, -0.2) is 44.1 Å². The summed E-state index contributed by atoms with van der Waals surface area (Å²) >= 11 is 0. The molecule has 0 spiro atoms. The second-order valence-corrected chi connectivity index (χ2v) is 6.17. The Kier molecular flexibility index (Phi) is 3.68. The summed E-state index contributed by atoms with van der Waals surface area (Å²) in [6, 6.07) is 0. The van der Waals surface area contributed by atoms with Crippen molar-refractivity contribution in [3.05, 3.63) is 29.5 Å². The van der Waals surface area contributed by atoms with E-state index in [-0.39, 0.29) is 6.10 Å². The number of nitrogens with zero attached hydrogens (tertiary/aromatic N) is 6. The first kappa shape index (κ1) is 15.1. The summed E-state index contributed by atoms with van der Waals surface area (Å²) < 4.78 is 13.0. The molecular weight excluding hydrogens is 308 g/mol. The minimum absolute atomic E-state index is 0.167. The summed E-state index contributed by atoms with van der Waals surface area (Å²) in [5.41, 5.74) is 2.79. The van der Waals surface area contributed by atoms with Gasteiger partial charge in [-0.2, -0.15) is 5.10 Å². The Hall–Kier alpha value is -2.48. The van der Waals surface area contributed by atoms with Crippen molar-refractivity contribution in [1.82, 2.24) is 24.9 Å². The normalized spacial score (nSPS) is 18.0. The van der Waals surface area contributed by atoms with E-state index in [9.17, 15) is 0 Å². The second kappa shape index (κ2) is 5.86. The quantitative estimate of drug-likeness (QED) is 0.721. The van der Waals surface area contributed by atoms with Crippen molar-refractivity contribution >= 4 is 16.9 Å². The van der Waals surface area contributed by atoms with Gasteiger partial charge in [-0.05, 0) is 20.3 Å². The van der Waals surface area contributed by atoms with Crippen LogP contribution < -0.4 is 4.90 Å². The molecule has 1 saturated heterocycles. The lowest BCUT2D eigenvalue weighted by atomic mass is 10.2. The van der Waals surface area contributed by atoms with Crippen LogP contribution in [0.3, 0.4) is 0 Å². The summed E-state index contributed by atoms with van der Waals surface area (Å²) in [4.78, 5) is 11.0. The topological polar surface area (TPSA) is 82.1 Å². The van der Waals surface area contributed by atoms with Gasteiger partial charge in [-0.1, -0.05) is 5.16 Å². The lowest BCUT2D eigenvalue weighted by Gasteiger charge is -2.18. The zero-order valence-electron chi connectivity index (χ0n) is 14.1. The van der Waals surface area contributed by atoms with Crippen LogP contribution in [0.15, 0.2) is 17.0 Å². The van der Waals surface area contributed by atoms with Crippen LogP contribution in [0.5, 0.6) is 0 Å². The first-order valence-corrected chi connectivity index (χ1v) is 8.04. The largest absolute Gasteiger partial charge is 0.371 e. The molecule has 0 N–H and O–H groups in total. The van der Waals surface area contributed by atoms with Gasteiger partial charge in [-0.15, -0.1) is 0 Å². The molecule has 8 heteroatoms. The fraction of sp³-hybridized carbons (Fsp3) is 0.500. The molecule has 1 atom stereocenters. The van der Waals surface area contributed by atoms with Crippen molar-refractivity contribution < 1.29 is 9.26 Å². The van der Waals surface area contributed by atoms with Gasteiger partial charge in [0.25, 0.3) is 0 Å². The van der Waals surface area contributed by atoms with Crippen LogP contribution in [0.1, 0.15) is 23.4 Å². The molecule has 1 fully saturated rings. The van der Waals surface area contributed by atoms with E-state index in [0.717, 1.165) is 53.4 Å². The maximum atomic E-state index is 6.07. The summed E-state index contributed by atoms with van der Waals surface area (Å²) in [5.74, 6) is 1.76. The first-order valence-electron chi connectivity index (χ1n) is 8.04. The maximum absolute atomic E-state index is 6.07. The van der Waals surface area contributed by atoms with Crippen LogP contribution in [-0.2, 0) is 18.4 Å². The van der Waals surface area contributed by atoms with E-state index in [4.69, 9.17) is 9.26 Å². The Morgan fingerprint density at radius 3 is 3.00 bits per heavy atom. The fourth-order valence-corrected chi connectivity index (χ4v) is 3.17. The Morgan fingerprint density at radius 1 is 1.33 bits per heavy atom. The Bertz CT molecular complexity index is 851. The van der Waals surface area contributed by atoms with Gasteiger partial charge in [0.1, 0.15) is 17.9 Å². The predicted molar refractivity (Wildman–Crippen MR) is 87.7 cm³/mol. The van der Waals surface area contributed by atoms with Crippen molar-refractivity contribution in [1.29, 1.82) is 0 Å². The van der Waals surface area contributed by atoms with Gasteiger partial charge in [-0.25, -0.2) is 9.97 Å². The van der Waals surface area contributed by atoms with Gasteiger partial charge >= 0.3 is 0 Å². The lowest BCUT2D eigenvalue weighted by Crippen LogP contribution is -2.24. The van der Waals surface area contributed by atoms with E-state index in [0.29, 0.717) is 6.61 Å². The molecule has 1 aliphatic rings. The Labute approximate surface area is 139 Å². The molecule has 0 saturated carbocycles. The van der Waals surface area contributed by atoms with Crippen LogP contribution in [0.4, 0.5) is 5.82 Å². The van der Waals surface area contributed by atoms with Gasteiger partial charge in [0.2, 0.25) is 0 Å². The summed E-state index contributed by atoms with van der Waals surface area (Å²) in [6.45, 7) is 6.11. The highest BCUT2D eigenvalue weighted by Gasteiger charge is 2.26. The Balaban J connectivity index is 1.46. The molecule has 0 aromatic carbocycles. The monoisotopic (exact) mass is 328 g/mol. The van der Waals surface area contributed by atoms with E-state index < -0.39 is 0 Å². The molecule has 4 heterocycles. The SMILES string of the molecule is Cc1noc(C)c1COC1CCN(c2ncnc3c2cnn3C)C1. The van der Waals surface area contributed by atoms with Crippen molar-refractivity contribution in [2.45, 2.75) is 33.0 Å². The van der Waals surface area contributed by atoms with E-state index in [1.165, 1.54) is 0 Å². The van der Waals surface area contributed by atoms with Crippen molar-refractivity contribution in [2.75, 3.05) is 18.0 Å². The molecule has 24 heavy (non-hydrogen) atoms. The smallest absolute Gasteiger partial charge is 0.163 e. The van der Waals surface area contributed by atoms with Gasteiger partial charge in [-0.3, -0.25) is 4.68 Å². The van der Waals surface area contributed by atoms with Crippen molar-refractivity contribution in [3.63, 3.8) is 0 Å². The molecular formula is C16H20N6O2. The number of fused-ring (bicyclic) bond motifs is 1. The van der Waals surface area contributed by atoms with Crippen LogP contribution >= 0.6 is 0 Å². The molecule has 0 aliphatic carbocycles. The van der Waals surface area contributed by atoms with Crippen LogP contribution in [0, 0.1) is 13.8 Å². The second-order valence-electron chi connectivity index (χ2n) is 6.17. The average Bonchev–Trinajstić information content (AvgIpc) is 3.27. The standard InChI is InChI=1S/C16H20N6O2/c1-10-14(11(2)24-20-10)8-23-12-4-5-22(7-12)16-13-6-19-21(3)15(13)17-9-18-16/h6,9,12H,4-5,7-8H2,1-3H3.